The van der Waals surface area contributed by atoms with E-state index in [1.807, 2.05) is 25.1 Å². The Balaban J connectivity index is 1.56. The number of rotatable bonds is 3. The largest absolute Gasteiger partial charge is 0.366 e. The van der Waals surface area contributed by atoms with Crippen LogP contribution in [0.3, 0.4) is 0 Å². The summed E-state index contributed by atoms with van der Waals surface area (Å²) in [5.41, 5.74) is 7.96. The van der Waals surface area contributed by atoms with E-state index in [1.165, 1.54) is 18.5 Å². The number of likely N-dealkylation sites (tertiary alicyclic amines) is 1. The number of piperidine rings is 1. The van der Waals surface area contributed by atoms with Crippen molar-refractivity contribution in [2.24, 2.45) is 11.7 Å². The standard InChI is InChI=1S/C22H23N5O4/c1-12-2-5-18(13-3-4-14-9-25-20(29)17(14)7-13)27(11-12)22(31)21(30)26-16-6-15(19(23)28)8-24-10-16/h3-4,6-8,10,12,18H,2,5,9,11H2,1H3,(H2,23,28)(H,25,29)(H,26,30)/t12-,18+/m1/s1. The monoisotopic (exact) mass is 421 g/mol. The van der Waals surface area contributed by atoms with Crippen LogP contribution < -0.4 is 16.4 Å². The van der Waals surface area contributed by atoms with Gasteiger partial charge in [-0.1, -0.05) is 19.1 Å². The van der Waals surface area contributed by atoms with Gasteiger partial charge < -0.3 is 21.3 Å². The molecular weight excluding hydrogens is 398 g/mol. The van der Waals surface area contributed by atoms with Crippen LogP contribution >= 0.6 is 0 Å². The van der Waals surface area contributed by atoms with Gasteiger partial charge in [0.05, 0.1) is 23.5 Å². The van der Waals surface area contributed by atoms with Crippen molar-refractivity contribution in [2.75, 3.05) is 11.9 Å². The van der Waals surface area contributed by atoms with Crippen LogP contribution in [0, 0.1) is 5.92 Å². The van der Waals surface area contributed by atoms with E-state index in [-0.39, 0.29) is 29.1 Å². The molecule has 0 saturated carbocycles. The van der Waals surface area contributed by atoms with Crippen molar-refractivity contribution < 1.29 is 19.2 Å². The number of primary amides is 1. The van der Waals surface area contributed by atoms with Crippen LogP contribution in [0.4, 0.5) is 5.69 Å². The molecule has 0 aliphatic carbocycles. The Bertz CT molecular complexity index is 1080. The second-order valence-electron chi connectivity index (χ2n) is 8.04. The number of aromatic nitrogens is 1. The van der Waals surface area contributed by atoms with Gasteiger partial charge in [-0.3, -0.25) is 24.2 Å². The van der Waals surface area contributed by atoms with E-state index < -0.39 is 17.7 Å². The summed E-state index contributed by atoms with van der Waals surface area (Å²) >= 11 is 0. The molecule has 1 aromatic heterocycles. The minimum Gasteiger partial charge on any atom is -0.366 e. The highest BCUT2D eigenvalue weighted by Crippen LogP contribution is 2.35. The molecule has 0 unspecified atom stereocenters. The highest BCUT2D eigenvalue weighted by molar-refractivity contribution is 6.39. The van der Waals surface area contributed by atoms with Crippen LogP contribution in [0.5, 0.6) is 0 Å². The minimum atomic E-state index is -0.818. The third kappa shape index (κ3) is 4.11. The van der Waals surface area contributed by atoms with E-state index in [1.54, 1.807) is 4.90 Å². The first-order chi connectivity index (χ1) is 14.8. The van der Waals surface area contributed by atoms with Gasteiger partial charge in [0.2, 0.25) is 5.91 Å². The summed E-state index contributed by atoms with van der Waals surface area (Å²) in [5.74, 6) is -2.06. The maximum absolute atomic E-state index is 13.1. The maximum Gasteiger partial charge on any atom is 0.313 e. The molecule has 3 heterocycles. The van der Waals surface area contributed by atoms with Crippen molar-refractivity contribution in [2.45, 2.75) is 32.4 Å². The third-order valence-corrected chi connectivity index (χ3v) is 5.76. The average Bonchev–Trinajstić information content (AvgIpc) is 3.13. The topological polar surface area (TPSA) is 134 Å². The fourth-order valence-electron chi connectivity index (χ4n) is 4.12. The fraction of sp³-hybridized carbons (Fsp3) is 0.318. The van der Waals surface area contributed by atoms with Gasteiger partial charge >= 0.3 is 11.8 Å². The second-order valence-corrected chi connectivity index (χ2v) is 8.04. The number of nitrogens with zero attached hydrogens (tertiary/aromatic N) is 2. The van der Waals surface area contributed by atoms with E-state index in [9.17, 15) is 19.2 Å². The zero-order chi connectivity index (χ0) is 22.1. The summed E-state index contributed by atoms with van der Waals surface area (Å²) < 4.78 is 0. The lowest BCUT2D eigenvalue weighted by Crippen LogP contribution is -2.46. The molecule has 160 valence electrons. The summed E-state index contributed by atoms with van der Waals surface area (Å²) in [6, 6.07) is 6.69. The van der Waals surface area contributed by atoms with Crippen LogP contribution in [0.25, 0.3) is 0 Å². The number of carbonyl (C=O) groups is 4. The summed E-state index contributed by atoms with van der Waals surface area (Å²) in [6.45, 7) is 2.96. The lowest BCUT2D eigenvalue weighted by molar-refractivity contribution is -0.146. The van der Waals surface area contributed by atoms with Crippen LogP contribution in [0.15, 0.2) is 36.7 Å². The lowest BCUT2D eigenvalue weighted by atomic mass is 9.88. The van der Waals surface area contributed by atoms with Gasteiger partial charge in [-0.15, -0.1) is 0 Å². The quantitative estimate of drug-likeness (QED) is 0.643. The van der Waals surface area contributed by atoms with E-state index in [0.29, 0.717) is 25.1 Å². The first kappa shape index (κ1) is 20.5. The van der Waals surface area contributed by atoms with Crippen molar-refractivity contribution in [3.8, 4) is 0 Å². The molecule has 4 amide bonds. The van der Waals surface area contributed by atoms with Crippen molar-refractivity contribution >= 4 is 29.3 Å². The Morgan fingerprint density at radius 1 is 1.19 bits per heavy atom. The van der Waals surface area contributed by atoms with Gasteiger partial charge in [-0.2, -0.15) is 0 Å². The number of hydrogen-bond acceptors (Lipinski definition) is 5. The van der Waals surface area contributed by atoms with Crippen LogP contribution in [-0.2, 0) is 16.1 Å². The van der Waals surface area contributed by atoms with Crippen molar-refractivity contribution in [1.82, 2.24) is 15.2 Å². The van der Waals surface area contributed by atoms with E-state index in [0.717, 1.165) is 17.5 Å². The fourth-order valence-corrected chi connectivity index (χ4v) is 4.12. The molecule has 0 bridgehead atoms. The molecule has 1 aromatic carbocycles. The Hall–Kier alpha value is -3.75. The molecule has 31 heavy (non-hydrogen) atoms. The lowest BCUT2D eigenvalue weighted by Gasteiger charge is -2.38. The van der Waals surface area contributed by atoms with Gasteiger partial charge in [0.15, 0.2) is 0 Å². The third-order valence-electron chi connectivity index (χ3n) is 5.76. The summed E-state index contributed by atoms with van der Waals surface area (Å²) in [7, 11) is 0. The molecule has 2 aliphatic rings. The number of fused-ring (bicyclic) bond motifs is 1. The molecule has 2 aromatic rings. The molecule has 0 radical (unpaired) electrons. The molecule has 9 heteroatoms. The van der Waals surface area contributed by atoms with Gasteiger partial charge in [-0.05, 0) is 42.0 Å². The molecule has 9 nitrogen and oxygen atoms in total. The number of hydrogen-bond donors (Lipinski definition) is 3. The minimum absolute atomic E-state index is 0.126. The highest BCUT2D eigenvalue weighted by Gasteiger charge is 2.35. The van der Waals surface area contributed by atoms with Crippen LogP contribution in [-0.4, -0.2) is 40.1 Å². The summed E-state index contributed by atoms with van der Waals surface area (Å²) in [6.07, 6.45) is 4.22. The number of pyridine rings is 1. The van der Waals surface area contributed by atoms with Crippen molar-refractivity contribution in [3.05, 3.63) is 58.9 Å². The predicted molar refractivity (Wildman–Crippen MR) is 112 cm³/mol. The van der Waals surface area contributed by atoms with Gasteiger partial charge in [-0.25, -0.2) is 0 Å². The molecule has 4 rings (SSSR count). The van der Waals surface area contributed by atoms with Crippen LogP contribution in [0.1, 0.15) is 57.7 Å². The van der Waals surface area contributed by atoms with E-state index in [4.69, 9.17) is 5.73 Å². The Labute approximate surface area is 179 Å². The Morgan fingerprint density at radius 2 is 2.00 bits per heavy atom. The number of amides is 4. The first-order valence-corrected chi connectivity index (χ1v) is 10.1. The summed E-state index contributed by atoms with van der Waals surface area (Å²) in [4.78, 5) is 54.6. The molecule has 2 atom stereocenters. The van der Waals surface area contributed by atoms with E-state index in [2.05, 4.69) is 15.6 Å². The Kier molecular flexibility index (Phi) is 5.41. The number of carbonyl (C=O) groups excluding carboxylic acids is 4. The van der Waals surface area contributed by atoms with E-state index >= 15 is 0 Å². The zero-order valence-corrected chi connectivity index (χ0v) is 17.1. The molecule has 2 aliphatic heterocycles. The number of nitrogens with one attached hydrogen (secondary N) is 2. The Morgan fingerprint density at radius 3 is 2.77 bits per heavy atom. The second kappa shape index (κ2) is 8.17. The summed E-state index contributed by atoms with van der Waals surface area (Å²) in [5, 5.41) is 5.30. The zero-order valence-electron chi connectivity index (χ0n) is 17.1. The smallest absolute Gasteiger partial charge is 0.313 e. The number of benzene rings is 1. The predicted octanol–water partition coefficient (Wildman–Crippen LogP) is 1.36. The maximum atomic E-state index is 13.1. The average molecular weight is 421 g/mol. The molecule has 0 spiro atoms. The normalized spacial score (nSPS) is 20.0. The molecular formula is C22H23N5O4. The van der Waals surface area contributed by atoms with Crippen molar-refractivity contribution in [1.29, 1.82) is 0 Å². The SMILES string of the molecule is C[C@@H]1CC[C@@H](c2ccc3c(c2)C(=O)NC3)N(C(=O)C(=O)Nc2cncc(C(N)=O)c2)C1. The molecule has 1 saturated heterocycles. The van der Waals surface area contributed by atoms with Crippen LogP contribution in [0.2, 0.25) is 0 Å². The molecule has 1 fully saturated rings. The van der Waals surface area contributed by atoms with Gasteiger partial charge in [0.25, 0.3) is 5.91 Å². The van der Waals surface area contributed by atoms with Crippen molar-refractivity contribution in [3.63, 3.8) is 0 Å². The highest BCUT2D eigenvalue weighted by atomic mass is 16.2. The van der Waals surface area contributed by atoms with Gasteiger partial charge in [0.1, 0.15) is 0 Å². The van der Waals surface area contributed by atoms with Gasteiger partial charge in [0, 0.05) is 24.8 Å². The molecule has 4 N–H and O–H groups in total. The number of anilines is 1. The first-order valence-electron chi connectivity index (χ1n) is 10.1. The number of nitrogens with two attached hydrogens (primary N) is 1.